The average molecular weight is 1720 g/mol. The van der Waals surface area contributed by atoms with Crippen molar-refractivity contribution in [2.45, 2.75) is 31.2 Å². The summed E-state index contributed by atoms with van der Waals surface area (Å²) < 4.78 is 215. The second-order valence-electron chi connectivity index (χ2n) is 29.3. The van der Waals surface area contributed by atoms with E-state index in [4.69, 9.17) is 44.4 Å². The van der Waals surface area contributed by atoms with Crippen LogP contribution in [0, 0.1) is 56.2 Å². The number of nitrogens with two attached hydrogens (primary N) is 1. The highest BCUT2D eigenvalue weighted by Crippen LogP contribution is 2.49. The lowest BCUT2D eigenvalue weighted by Gasteiger charge is -2.34. The number of ether oxygens (including phenoxy) is 6. The standard InChI is InChI=1S/C96H70F12N12O6/c97-93(98,99)69-45-70(94(100,101)102)48-83(47-69)125-59-91(57-121-79-37-21-63(51-109)22-38-79,58-122-80-39-23-64(52-110)24-40-80)55-114-115-88-86(68-31-35-78(36-32-68)120(75-17-9-3-10-18-75)76-19-11-4-12-20-76)90-89(85(87(88)113)67-29-33-77(34-30-67)119(73-13-5-1-6-14-73)74-15-7-2-8-16-74)116-118(117-90)56-92(60-123-81-41-25-65(53-111)26-42-81,61-124-82-43-27-66(54-112)28-44-82)62-126-84-49-71(95(103,104)105)46-72(50-84)96(106,107)108/h1-50,114-115H,55-62,113H2. The summed E-state index contributed by atoms with van der Waals surface area (Å²) in [6.45, 7) is -4.85. The first kappa shape index (κ1) is 86.7. The lowest BCUT2D eigenvalue weighted by atomic mass is 9.90. The molecule has 0 saturated heterocycles. The molecule has 0 atom stereocenters. The Hall–Kier alpha value is -15.7. The number of anilines is 8. The van der Waals surface area contributed by atoms with Crippen molar-refractivity contribution in [2.24, 2.45) is 10.8 Å². The zero-order chi connectivity index (χ0) is 88.8. The molecule has 1 aromatic heterocycles. The predicted octanol–water partition coefficient (Wildman–Crippen LogP) is 23.2. The summed E-state index contributed by atoms with van der Waals surface area (Å²) in [5, 5.41) is 49.8. The molecule has 0 bridgehead atoms. The number of aromatic nitrogens is 3. The maximum absolute atomic E-state index is 14.8. The van der Waals surface area contributed by atoms with E-state index >= 15 is 0 Å². The lowest BCUT2D eigenvalue weighted by Crippen LogP contribution is -2.49. The third-order valence-electron chi connectivity index (χ3n) is 20.3. The first-order valence-electron chi connectivity index (χ1n) is 38.6. The summed E-state index contributed by atoms with van der Waals surface area (Å²) in [5.74, 6) is -1.20. The molecular weight excluding hydrogens is 1650 g/mol. The number of alkyl halides is 12. The van der Waals surface area contributed by atoms with E-state index in [0.717, 1.165) is 22.7 Å². The van der Waals surface area contributed by atoms with Gasteiger partial charge in [0.2, 0.25) is 0 Å². The number of hydrazine groups is 1. The molecule has 0 aliphatic carbocycles. The Balaban J connectivity index is 0.994. The molecule has 634 valence electrons. The number of nitrogen functional groups attached to an aromatic ring is 1. The van der Waals surface area contributed by atoms with E-state index in [0.29, 0.717) is 46.8 Å². The van der Waals surface area contributed by atoms with Crippen molar-refractivity contribution in [3.63, 3.8) is 0 Å². The van der Waals surface area contributed by atoms with Crippen LogP contribution in [0.15, 0.2) is 303 Å². The van der Waals surface area contributed by atoms with E-state index < -0.39 is 122 Å². The monoisotopic (exact) mass is 1710 g/mol. The molecule has 126 heavy (non-hydrogen) atoms. The number of fused-ring (bicyclic) bond motifs is 1. The van der Waals surface area contributed by atoms with Crippen molar-refractivity contribution in [1.82, 2.24) is 20.4 Å². The van der Waals surface area contributed by atoms with Crippen molar-refractivity contribution >= 4 is 56.5 Å². The molecule has 0 aliphatic heterocycles. The first-order chi connectivity index (χ1) is 60.6. The SMILES string of the molecule is N#Cc1ccc(OCC(CNNc2c(N)c(-c3ccc(N(c4ccccc4)c4ccccc4)cc3)c3nn(CC(COc4ccc(C#N)cc4)(COc4ccc(C#N)cc4)COc4cc(C(F)(F)F)cc(C(F)(F)F)c4)nc3c2-c2ccc(N(c3ccccc3)c3ccccc3)cc2)(COc2ccc(C#N)cc2)COc2cc(C(F)(F)F)cc(C(F)(F)F)c2)cc1. The van der Waals surface area contributed by atoms with Crippen LogP contribution in [0.1, 0.15) is 44.5 Å². The van der Waals surface area contributed by atoms with Crippen molar-refractivity contribution in [2.75, 3.05) is 67.1 Å². The Labute approximate surface area is 713 Å². The fraction of sp³-hybridized carbons (Fsp3) is 0.146. The van der Waals surface area contributed by atoms with Crippen LogP contribution >= 0.6 is 0 Å². The minimum Gasteiger partial charge on any atom is -0.493 e. The molecule has 0 amide bonds. The van der Waals surface area contributed by atoms with E-state index in [1.54, 1.807) is 24.3 Å². The molecule has 1 heterocycles. The molecule has 0 unspecified atom stereocenters. The number of hydrogen-bond donors (Lipinski definition) is 3. The van der Waals surface area contributed by atoms with E-state index in [-0.39, 0.29) is 90.9 Å². The Morgan fingerprint density at radius 2 is 0.579 bits per heavy atom. The van der Waals surface area contributed by atoms with Gasteiger partial charge in [-0.15, -0.1) is 0 Å². The Kier molecular flexibility index (Phi) is 25.7. The highest BCUT2D eigenvalue weighted by Gasteiger charge is 2.43. The van der Waals surface area contributed by atoms with Crippen LogP contribution in [0.5, 0.6) is 34.5 Å². The highest BCUT2D eigenvalue weighted by molar-refractivity contribution is 6.13. The lowest BCUT2D eigenvalue weighted by molar-refractivity contribution is -0.144. The average Bonchev–Trinajstić information content (AvgIpc) is 1.53. The minimum absolute atomic E-state index is 0.0241. The Bertz CT molecular complexity index is 6020. The molecule has 4 N–H and O–H groups in total. The van der Waals surface area contributed by atoms with E-state index in [1.807, 2.05) is 180 Å². The van der Waals surface area contributed by atoms with E-state index in [9.17, 15) is 73.7 Å². The van der Waals surface area contributed by atoms with Gasteiger partial charge in [0, 0.05) is 51.8 Å². The van der Waals surface area contributed by atoms with Crippen LogP contribution in [0.2, 0.25) is 0 Å². The molecule has 13 aromatic carbocycles. The first-order valence-corrected chi connectivity index (χ1v) is 38.6. The Morgan fingerprint density at radius 3 is 0.865 bits per heavy atom. The number of hydrogen-bond acceptors (Lipinski definition) is 17. The quantitative estimate of drug-likeness (QED) is 0.0202. The molecule has 0 fully saturated rings. The van der Waals surface area contributed by atoms with Crippen LogP contribution in [0.25, 0.3) is 33.3 Å². The summed E-state index contributed by atoms with van der Waals surface area (Å²) in [6, 6.07) is 85.0. The van der Waals surface area contributed by atoms with Crippen molar-refractivity contribution < 1.29 is 81.1 Å². The fourth-order valence-electron chi connectivity index (χ4n) is 13.8. The number of nitrogens with one attached hydrogen (secondary N) is 2. The van der Waals surface area contributed by atoms with E-state index in [1.165, 1.54) is 102 Å². The van der Waals surface area contributed by atoms with Crippen LogP contribution in [-0.2, 0) is 31.2 Å². The van der Waals surface area contributed by atoms with Gasteiger partial charge in [-0.3, -0.25) is 0 Å². The molecule has 14 aromatic rings. The summed E-state index contributed by atoms with van der Waals surface area (Å²) in [5.41, 5.74) is 10.4. The van der Waals surface area contributed by atoms with Crippen LogP contribution in [0.4, 0.5) is 98.2 Å². The van der Waals surface area contributed by atoms with Gasteiger partial charge in [0.1, 0.15) is 85.2 Å². The van der Waals surface area contributed by atoms with Crippen molar-refractivity contribution in [3.8, 4) is 81.0 Å². The molecule has 0 spiro atoms. The predicted molar refractivity (Wildman–Crippen MR) is 449 cm³/mol. The summed E-state index contributed by atoms with van der Waals surface area (Å²) in [4.78, 5) is 5.20. The number of halogens is 12. The molecule has 0 aliphatic rings. The number of para-hydroxylation sites is 4. The zero-order valence-corrected chi connectivity index (χ0v) is 66.1. The summed E-state index contributed by atoms with van der Waals surface area (Å²) in [7, 11) is 0. The fourth-order valence-corrected chi connectivity index (χ4v) is 13.8. The number of nitriles is 4. The maximum atomic E-state index is 14.8. The molecule has 0 radical (unpaired) electrons. The molecular formula is C96H70F12N12O6. The topological polar surface area (TPSA) is 238 Å². The second kappa shape index (κ2) is 37.4. The molecule has 18 nitrogen and oxygen atoms in total. The normalized spacial score (nSPS) is 11.8. The smallest absolute Gasteiger partial charge is 0.416 e. The minimum atomic E-state index is -5.32. The summed E-state index contributed by atoms with van der Waals surface area (Å²) in [6.07, 6.45) is -21.2. The summed E-state index contributed by atoms with van der Waals surface area (Å²) >= 11 is 0. The van der Waals surface area contributed by atoms with Gasteiger partial charge in [0.05, 0.1) is 97.5 Å². The van der Waals surface area contributed by atoms with Gasteiger partial charge in [-0.2, -0.15) is 88.7 Å². The second-order valence-corrected chi connectivity index (χ2v) is 29.3. The molecule has 14 rings (SSSR count). The van der Waals surface area contributed by atoms with Gasteiger partial charge < -0.3 is 49.4 Å². The van der Waals surface area contributed by atoms with Gasteiger partial charge in [-0.05, 0) is 217 Å². The van der Waals surface area contributed by atoms with Crippen LogP contribution in [-0.4, -0.2) is 61.2 Å². The van der Waals surface area contributed by atoms with Crippen LogP contribution < -0.4 is 54.8 Å². The highest BCUT2D eigenvalue weighted by atomic mass is 19.4. The van der Waals surface area contributed by atoms with E-state index in [2.05, 4.69) is 10.9 Å². The van der Waals surface area contributed by atoms with Gasteiger partial charge in [-0.25, -0.2) is 5.43 Å². The third-order valence-corrected chi connectivity index (χ3v) is 20.3. The van der Waals surface area contributed by atoms with Crippen molar-refractivity contribution in [3.05, 3.63) is 348 Å². The largest absolute Gasteiger partial charge is 0.493 e. The molecule has 30 heteroatoms. The number of rotatable bonds is 32. The van der Waals surface area contributed by atoms with Gasteiger partial charge in [0.15, 0.2) is 0 Å². The zero-order valence-electron chi connectivity index (χ0n) is 66.1. The number of benzene rings is 13. The van der Waals surface area contributed by atoms with Gasteiger partial charge in [0.25, 0.3) is 0 Å². The Morgan fingerprint density at radius 1 is 0.317 bits per heavy atom. The maximum Gasteiger partial charge on any atom is 0.416 e. The third kappa shape index (κ3) is 20.9. The number of nitrogens with zero attached hydrogens (tertiary/aromatic N) is 9. The van der Waals surface area contributed by atoms with Gasteiger partial charge in [-0.1, -0.05) is 97.1 Å². The van der Waals surface area contributed by atoms with Gasteiger partial charge >= 0.3 is 24.7 Å². The van der Waals surface area contributed by atoms with Crippen LogP contribution in [0.3, 0.4) is 0 Å². The van der Waals surface area contributed by atoms with Crippen molar-refractivity contribution in [1.29, 1.82) is 21.0 Å². The molecule has 0 saturated carbocycles.